The van der Waals surface area contributed by atoms with Crippen molar-refractivity contribution in [3.05, 3.63) is 197 Å². The number of fused-ring (bicyclic) bond motifs is 2. The lowest BCUT2D eigenvalue weighted by atomic mass is 9.71. The number of hydrogen-bond acceptors (Lipinski definition) is 3. The van der Waals surface area contributed by atoms with E-state index in [1.165, 1.54) is 60.8 Å². The fraction of sp³-hybridized carbons (Fsp3) is 0.0426. The molecule has 3 aliphatic rings. The largest absolute Gasteiger partial charge is 0.309 e. The molecule has 0 radical (unpaired) electrons. The molecule has 4 nitrogen and oxygen atoms in total. The van der Waals surface area contributed by atoms with E-state index < -0.39 is 0 Å². The number of rotatable bonds is 4. The summed E-state index contributed by atoms with van der Waals surface area (Å²) >= 11 is 0. The van der Waals surface area contributed by atoms with E-state index >= 15 is 0 Å². The molecule has 2 N–H and O–H groups in total. The van der Waals surface area contributed by atoms with Gasteiger partial charge in [0.1, 0.15) is 0 Å². The van der Waals surface area contributed by atoms with Crippen LogP contribution in [-0.2, 0) is 6.42 Å². The van der Waals surface area contributed by atoms with Crippen LogP contribution in [0.1, 0.15) is 39.3 Å². The first-order valence-corrected chi connectivity index (χ1v) is 17.7. The van der Waals surface area contributed by atoms with Crippen molar-refractivity contribution in [3.63, 3.8) is 0 Å². The van der Waals surface area contributed by atoms with Crippen molar-refractivity contribution in [1.29, 1.82) is 0 Å². The van der Waals surface area contributed by atoms with Crippen LogP contribution in [0.5, 0.6) is 0 Å². The Hall–Kier alpha value is -6.65. The van der Waals surface area contributed by atoms with Gasteiger partial charge in [-0.15, -0.1) is 0 Å². The average Bonchev–Trinajstić information content (AvgIpc) is 3.55. The van der Waals surface area contributed by atoms with Crippen LogP contribution in [-0.4, -0.2) is 10.4 Å². The van der Waals surface area contributed by atoms with Crippen molar-refractivity contribution < 1.29 is 0 Å². The highest BCUT2D eigenvalue weighted by molar-refractivity contribution is 6.23. The van der Waals surface area contributed by atoms with Gasteiger partial charge >= 0.3 is 0 Å². The Labute approximate surface area is 296 Å². The highest BCUT2D eigenvalue weighted by Gasteiger charge is 2.35. The lowest BCUT2D eigenvalue weighted by Gasteiger charge is -2.33. The van der Waals surface area contributed by atoms with Gasteiger partial charge in [-0.3, -0.25) is 10.9 Å². The van der Waals surface area contributed by atoms with Crippen LogP contribution in [0.4, 0.5) is 0 Å². The van der Waals surface area contributed by atoms with Crippen LogP contribution in [0, 0.1) is 0 Å². The lowest BCUT2D eigenvalue weighted by Crippen LogP contribution is -2.40. The first kappa shape index (κ1) is 28.2. The fourth-order valence-electron chi connectivity index (χ4n) is 8.85. The summed E-state index contributed by atoms with van der Waals surface area (Å²) in [7, 11) is 0. The summed E-state index contributed by atoms with van der Waals surface area (Å²) in [6.45, 7) is 0. The van der Waals surface area contributed by atoms with Gasteiger partial charge < -0.3 is 4.57 Å². The molecule has 1 atom stereocenters. The Kier molecular flexibility index (Phi) is 6.05. The minimum atomic E-state index is 0.248. The summed E-state index contributed by atoms with van der Waals surface area (Å²) in [4.78, 5) is 5.49. The molecule has 0 amide bonds. The zero-order valence-corrected chi connectivity index (χ0v) is 27.8. The van der Waals surface area contributed by atoms with E-state index in [0.717, 1.165) is 46.0 Å². The van der Waals surface area contributed by atoms with E-state index in [-0.39, 0.29) is 5.92 Å². The first-order valence-electron chi connectivity index (χ1n) is 17.7. The minimum absolute atomic E-state index is 0.248. The first-order chi connectivity index (χ1) is 25.3. The third kappa shape index (κ3) is 4.11. The van der Waals surface area contributed by atoms with E-state index in [4.69, 9.17) is 4.99 Å². The minimum Gasteiger partial charge on any atom is -0.309 e. The smallest absolute Gasteiger partial charge is 0.153 e. The Morgan fingerprint density at radius 1 is 0.490 bits per heavy atom. The molecule has 51 heavy (non-hydrogen) atoms. The van der Waals surface area contributed by atoms with Crippen LogP contribution in [0.25, 0.3) is 61.1 Å². The molecule has 1 aliphatic heterocycles. The fourth-order valence-corrected chi connectivity index (χ4v) is 8.85. The molecule has 11 rings (SSSR count). The Morgan fingerprint density at radius 2 is 1.14 bits per heavy atom. The number of aliphatic imine (C=N–C) groups is 1. The standard InChI is InChI=1S/C47H32N4/c1-4-14-29(15-5-1)45-46(30-16-6-2-7-17-30)49-50-47(48-45)37-26-27-41-44-42(37)35-23-12-22-34-32-20-10-11-21-33(32)39(28-38(34)35)36-24-13-25-40(43(36)44)51(41)31-18-8-3-9-19-31/h1-27,39,49H,28H2,(H,48,50). The van der Waals surface area contributed by atoms with Gasteiger partial charge in [0.25, 0.3) is 0 Å². The number of amidine groups is 1. The van der Waals surface area contributed by atoms with Crippen LogP contribution < -0.4 is 10.9 Å². The lowest BCUT2D eigenvalue weighted by molar-refractivity contribution is 0.801. The Bertz CT molecular complexity index is 2760. The van der Waals surface area contributed by atoms with Crippen molar-refractivity contribution in [2.24, 2.45) is 4.99 Å². The number of benzene rings is 7. The maximum atomic E-state index is 5.49. The maximum Gasteiger partial charge on any atom is 0.153 e. The molecule has 8 aromatic rings. The summed E-state index contributed by atoms with van der Waals surface area (Å²) in [5.74, 6) is 1.05. The monoisotopic (exact) mass is 652 g/mol. The predicted octanol–water partition coefficient (Wildman–Crippen LogP) is 10.5. The van der Waals surface area contributed by atoms with Crippen molar-refractivity contribution in [3.8, 4) is 27.9 Å². The SMILES string of the molecule is c1ccc(C2=C(c3ccccc3)NNC(c3ccc4c5c3-c3cccc6c3CC(c3ccccc3-6)c3cccc(c35)n4-c3ccccc3)=N2)cc1. The number of para-hydroxylation sites is 1. The van der Waals surface area contributed by atoms with Crippen molar-refractivity contribution in [1.82, 2.24) is 15.4 Å². The number of aromatic nitrogens is 1. The molecule has 0 saturated heterocycles. The molecule has 0 saturated carbocycles. The summed E-state index contributed by atoms with van der Waals surface area (Å²) in [5.41, 5.74) is 25.2. The van der Waals surface area contributed by atoms with Crippen LogP contribution in [0.3, 0.4) is 0 Å². The molecule has 240 valence electrons. The molecule has 2 heterocycles. The van der Waals surface area contributed by atoms with Crippen molar-refractivity contribution in [2.45, 2.75) is 12.3 Å². The number of hydrogen-bond donors (Lipinski definition) is 2. The molecular formula is C47H32N4. The van der Waals surface area contributed by atoms with Gasteiger partial charge in [-0.2, -0.15) is 0 Å². The van der Waals surface area contributed by atoms with Gasteiger partial charge in [0, 0.05) is 44.6 Å². The number of nitrogens with zero attached hydrogens (tertiary/aromatic N) is 2. The van der Waals surface area contributed by atoms with Gasteiger partial charge in [0.05, 0.1) is 22.4 Å². The molecule has 2 aliphatic carbocycles. The third-order valence-corrected chi connectivity index (χ3v) is 11.0. The van der Waals surface area contributed by atoms with E-state index in [2.05, 4.69) is 173 Å². The Balaban J connectivity index is 1.28. The summed E-state index contributed by atoms with van der Waals surface area (Å²) < 4.78 is 2.45. The van der Waals surface area contributed by atoms with Crippen molar-refractivity contribution in [2.75, 3.05) is 0 Å². The van der Waals surface area contributed by atoms with E-state index in [9.17, 15) is 0 Å². The second kappa shape index (κ2) is 10.9. The molecular weight excluding hydrogens is 621 g/mol. The molecule has 1 unspecified atom stereocenters. The molecule has 0 spiro atoms. The van der Waals surface area contributed by atoms with Crippen LogP contribution in [0.15, 0.2) is 169 Å². The van der Waals surface area contributed by atoms with Gasteiger partial charge in [-0.05, 0) is 70.1 Å². The quantitative estimate of drug-likeness (QED) is 0.199. The van der Waals surface area contributed by atoms with Crippen LogP contribution in [0.2, 0.25) is 0 Å². The molecule has 7 aromatic carbocycles. The van der Waals surface area contributed by atoms with E-state index in [1.54, 1.807) is 0 Å². The van der Waals surface area contributed by atoms with Gasteiger partial charge in [0.2, 0.25) is 0 Å². The summed E-state index contributed by atoms with van der Waals surface area (Å²) in [6, 6.07) is 59.1. The second-order valence-electron chi connectivity index (χ2n) is 13.6. The summed E-state index contributed by atoms with van der Waals surface area (Å²) in [5, 5.41) is 2.59. The molecule has 0 fully saturated rings. The van der Waals surface area contributed by atoms with E-state index in [1.807, 2.05) is 6.07 Å². The van der Waals surface area contributed by atoms with E-state index in [0.29, 0.717) is 0 Å². The molecule has 4 bridgehead atoms. The second-order valence-corrected chi connectivity index (χ2v) is 13.6. The average molecular weight is 653 g/mol. The topological polar surface area (TPSA) is 41.3 Å². The zero-order chi connectivity index (χ0) is 33.5. The third-order valence-electron chi connectivity index (χ3n) is 11.0. The van der Waals surface area contributed by atoms with Crippen LogP contribution >= 0.6 is 0 Å². The highest BCUT2D eigenvalue weighted by Crippen LogP contribution is 2.53. The summed E-state index contributed by atoms with van der Waals surface area (Å²) in [6.07, 6.45) is 0.943. The van der Waals surface area contributed by atoms with Gasteiger partial charge in [0.15, 0.2) is 5.84 Å². The zero-order valence-electron chi connectivity index (χ0n) is 27.8. The highest BCUT2D eigenvalue weighted by atomic mass is 15.4. The normalized spacial score (nSPS) is 15.5. The van der Waals surface area contributed by atoms with Gasteiger partial charge in [-0.25, -0.2) is 4.99 Å². The molecule has 1 aromatic heterocycles. The number of hydrazine groups is 1. The number of nitrogens with one attached hydrogen (secondary N) is 2. The van der Waals surface area contributed by atoms with Crippen molar-refractivity contribution >= 4 is 39.0 Å². The van der Waals surface area contributed by atoms with Gasteiger partial charge in [-0.1, -0.05) is 133 Å². The Morgan fingerprint density at radius 3 is 1.96 bits per heavy atom. The molecule has 4 heteroatoms. The predicted molar refractivity (Wildman–Crippen MR) is 210 cm³/mol. The maximum absolute atomic E-state index is 5.49.